The number of allylic oxidation sites excluding steroid dienone is 1. The molecule has 1 amide bonds. The lowest BCUT2D eigenvalue weighted by Crippen LogP contribution is -2.45. The first-order valence-electron chi connectivity index (χ1n) is 10.8. The number of rotatable bonds is 3. The average Bonchev–Trinajstić information content (AvgIpc) is 3.05. The number of likely N-dealkylation sites (N-methyl/N-ethyl adjacent to an activating group) is 1. The molecule has 6 heteroatoms. The highest BCUT2D eigenvalue weighted by Gasteiger charge is 2.31. The maximum Gasteiger partial charge on any atom is 0.264 e. The fourth-order valence-electron chi connectivity index (χ4n) is 4.39. The van der Waals surface area contributed by atoms with Gasteiger partial charge in [-0.25, -0.2) is 9.38 Å². The molecule has 0 saturated carbocycles. The predicted molar refractivity (Wildman–Crippen MR) is 134 cm³/mol. The molecule has 0 unspecified atom stereocenters. The number of nitrogens with zero attached hydrogens (tertiary/aromatic N) is 2. The Kier molecular flexibility index (Phi) is 5.76. The van der Waals surface area contributed by atoms with E-state index in [1.165, 1.54) is 11.8 Å². The molecule has 0 atom stereocenters. The Morgan fingerprint density at radius 3 is 2.69 bits per heavy atom. The zero-order valence-corrected chi connectivity index (χ0v) is 20.2. The van der Waals surface area contributed by atoms with Gasteiger partial charge in [0.05, 0.1) is 16.1 Å². The SMILES string of the molecule is CCN1c2cc(F)c(/C=C3/SC(=Nc4cccc(C)c4C)NC3=O)cc2C(C)=CC1(C)C. The Bertz CT molecular complexity index is 1210. The molecule has 32 heavy (non-hydrogen) atoms. The molecule has 2 aromatic carbocycles. The first kappa shape index (κ1) is 22.3. The highest BCUT2D eigenvalue weighted by molar-refractivity contribution is 8.18. The summed E-state index contributed by atoms with van der Waals surface area (Å²) in [6.45, 7) is 13.2. The van der Waals surface area contributed by atoms with Gasteiger partial charge in [0, 0.05) is 23.4 Å². The van der Waals surface area contributed by atoms with Gasteiger partial charge in [-0.05, 0) is 94.3 Å². The first-order chi connectivity index (χ1) is 15.1. The number of aliphatic imine (C=N–C) groups is 1. The van der Waals surface area contributed by atoms with Gasteiger partial charge in [0.15, 0.2) is 5.17 Å². The number of anilines is 1. The van der Waals surface area contributed by atoms with Crippen LogP contribution in [0.15, 0.2) is 46.3 Å². The second kappa shape index (κ2) is 8.24. The summed E-state index contributed by atoms with van der Waals surface area (Å²) in [6.07, 6.45) is 3.82. The van der Waals surface area contributed by atoms with E-state index in [-0.39, 0.29) is 17.3 Å². The van der Waals surface area contributed by atoms with Gasteiger partial charge in [-0.3, -0.25) is 4.79 Å². The number of hydrogen-bond donors (Lipinski definition) is 1. The third kappa shape index (κ3) is 3.99. The zero-order valence-electron chi connectivity index (χ0n) is 19.3. The van der Waals surface area contributed by atoms with Gasteiger partial charge in [0.25, 0.3) is 5.91 Å². The predicted octanol–water partition coefficient (Wildman–Crippen LogP) is 6.36. The van der Waals surface area contributed by atoms with E-state index >= 15 is 4.39 Å². The van der Waals surface area contributed by atoms with Crippen LogP contribution in [-0.2, 0) is 4.79 Å². The molecule has 2 aromatic rings. The van der Waals surface area contributed by atoms with E-state index in [2.05, 4.69) is 42.1 Å². The molecule has 4 nitrogen and oxygen atoms in total. The third-order valence-corrected chi connectivity index (χ3v) is 7.06. The van der Waals surface area contributed by atoms with Crippen molar-refractivity contribution in [2.24, 2.45) is 4.99 Å². The monoisotopic (exact) mass is 449 g/mol. The Hall–Kier alpha value is -2.86. The van der Waals surface area contributed by atoms with Gasteiger partial charge < -0.3 is 10.2 Å². The fraction of sp³-hybridized carbons (Fsp3) is 0.308. The number of amides is 1. The van der Waals surface area contributed by atoms with Crippen molar-refractivity contribution in [2.45, 2.75) is 47.1 Å². The molecule has 2 heterocycles. The maximum absolute atomic E-state index is 15.1. The smallest absolute Gasteiger partial charge is 0.264 e. The lowest BCUT2D eigenvalue weighted by molar-refractivity contribution is -0.115. The van der Waals surface area contributed by atoms with Crippen LogP contribution in [0.3, 0.4) is 0 Å². The summed E-state index contributed by atoms with van der Waals surface area (Å²) in [7, 11) is 0. The lowest BCUT2D eigenvalue weighted by Gasteiger charge is -2.42. The van der Waals surface area contributed by atoms with Crippen molar-refractivity contribution in [3.63, 3.8) is 0 Å². The van der Waals surface area contributed by atoms with E-state index in [1.807, 2.05) is 45.0 Å². The molecular formula is C26H28FN3OS. The number of hydrogen-bond acceptors (Lipinski definition) is 4. The van der Waals surface area contributed by atoms with Crippen LogP contribution in [0.2, 0.25) is 0 Å². The number of fused-ring (bicyclic) bond motifs is 1. The highest BCUT2D eigenvalue weighted by Crippen LogP contribution is 2.40. The molecule has 0 radical (unpaired) electrons. The standard InChI is InChI=1S/C26H28FN3OS/c1-7-30-22-13-20(27)18(11-19(22)16(3)14-26(30,5)6)12-23-24(31)29-25(32-23)28-21-10-8-9-15(2)17(21)4/h8-14H,7H2,1-6H3,(H,28,29,31)/b23-12+. The van der Waals surface area contributed by atoms with Crippen LogP contribution >= 0.6 is 11.8 Å². The van der Waals surface area contributed by atoms with E-state index in [4.69, 9.17) is 0 Å². The quantitative estimate of drug-likeness (QED) is 0.555. The Morgan fingerprint density at radius 1 is 1.22 bits per heavy atom. The third-order valence-electron chi connectivity index (χ3n) is 6.15. The van der Waals surface area contributed by atoms with Gasteiger partial charge >= 0.3 is 0 Å². The molecule has 1 saturated heterocycles. The molecule has 2 aliphatic heterocycles. The van der Waals surface area contributed by atoms with Crippen molar-refractivity contribution in [2.75, 3.05) is 11.4 Å². The Labute approximate surface area is 193 Å². The fourth-order valence-corrected chi connectivity index (χ4v) is 5.22. The molecular weight excluding hydrogens is 421 g/mol. The lowest BCUT2D eigenvalue weighted by atomic mass is 9.88. The van der Waals surface area contributed by atoms with Crippen molar-refractivity contribution in [3.8, 4) is 0 Å². The zero-order chi connectivity index (χ0) is 23.2. The topological polar surface area (TPSA) is 44.7 Å². The van der Waals surface area contributed by atoms with Gasteiger partial charge in [-0.1, -0.05) is 18.2 Å². The van der Waals surface area contributed by atoms with E-state index in [0.29, 0.717) is 15.6 Å². The van der Waals surface area contributed by atoms with E-state index in [0.717, 1.165) is 40.2 Å². The summed E-state index contributed by atoms with van der Waals surface area (Å²) in [5.41, 5.74) is 6.23. The summed E-state index contributed by atoms with van der Waals surface area (Å²) in [4.78, 5) is 19.8. The number of nitrogens with one attached hydrogen (secondary N) is 1. The summed E-state index contributed by atoms with van der Waals surface area (Å²) >= 11 is 1.23. The van der Waals surface area contributed by atoms with Crippen LogP contribution in [-0.4, -0.2) is 23.2 Å². The molecule has 0 aliphatic carbocycles. The number of carbonyl (C=O) groups excluding carboxylic acids is 1. The first-order valence-corrected chi connectivity index (χ1v) is 11.6. The highest BCUT2D eigenvalue weighted by atomic mass is 32.2. The van der Waals surface area contributed by atoms with Crippen LogP contribution in [0.25, 0.3) is 11.6 Å². The summed E-state index contributed by atoms with van der Waals surface area (Å²) in [5.74, 6) is -0.603. The summed E-state index contributed by atoms with van der Waals surface area (Å²) in [6, 6.07) is 9.32. The second-order valence-electron chi connectivity index (χ2n) is 8.82. The van der Waals surface area contributed by atoms with E-state index in [1.54, 1.807) is 12.1 Å². The number of thioether (sulfide) groups is 1. The van der Waals surface area contributed by atoms with Crippen molar-refractivity contribution in [1.82, 2.24) is 5.32 Å². The Morgan fingerprint density at radius 2 is 1.97 bits per heavy atom. The van der Waals surface area contributed by atoms with Gasteiger partial charge in [-0.15, -0.1) is 0 Å². The molecule has 4 rings (SSSR count). The number of carbonyl (C=O) groups is 1. The minimum Gasteiger partial charge on any atom is -0.363 e. The van der Waals surface area contributed by atoms with Crippen molar-refractivity contribution in [1.29, 1.82) is 0 Å². The van der Waals surface area contributed by atoms with Crippen LogP contribution < -0.4 is 10.2 Å². The van der Waals surface area contributed by atoms with Gasteiger partial charge in [0.2, 0.25) is 0 Å². The number of halogens is 1. The van der Waals surface area contributed by atoms with Crippen LogP contribution in [0.5, 0.6) is 0 Å². The van der Waals surface area contributed by atoms with Crippen molar-refractivity contribution >= 4 is 45.9 Å². The van der Waals surface area contributed by atoms with E-state index < -0.39 is 0 Å². The number of benzene rings is 2. The van der Waals surface area contributed by atoms with Crippen molar-refractivity contribution in [3.05, 3.63) is 69.4 Å². The Balaban J connectivity index is 1.69. The second-order valence-corrected chi connectivity index (χ2v) is 9.85. The minimum atomic E-state index is -0.339. The normalized spacial score (nSPS) is 19.9. The minimum absolute atomic E-state index is 0.182. The molecule has 0 aromatic heterocycles. The van der Waals surface area contributed by atoms with Gasteiger partial charge in [0.1, 0.15) is 5.82 Å². The van der Waals surface area contributed by atoms with Crippen LogP contribution in [0.1, 0.15) is 49.9 Å². The van der Waals surface area contributed by atoms with Crippen LogP contribution in [0.4, 0.5) is 15.8 Å². The maximum atomic E-state index is 15.1. The molecule has 0 bridgehead atoms. The summed E-state index contributed by atoms with van der Waals surface area (Å²) < 4.78 is 15.1. The van der Waals surface area contributed by atoms with E-state index in [9.17, 15) is 4.79 Å². The average molecular weight is 450 g/mol. The summed E-state index contributed by atoms with van der Waals surface area (Å²) in [5, 5.41) is 3.30. The largest absolute Gasteiger partial charge is 0.363 e. The van der Waals surface area contributed by atoms with Crippen LogP contribution in [0, 0.1) is 19.7 Å². The molecule has 0 spiro atoms. The molecule has 166 valence electrons. The number of amidine groups is 1. The van der Waals surface area contributed by atoms with Crippen molar-refractivity contribution < 1.29 is 9.18 Å². The number of aryl methyl sites for hydroxylation is 1. The molecule has 2 aliphatic rings. The molecule has 1 N–H and O–H groups in total. The molecule has 1 fully saturated rings. The van der Waals surface area contributed by atoms with Gasteiger partial charge in [-0.2, -0.15) is 0 Å².